The average Bonchev–Trinajstić information content (AvgIpc) is 2.51. The summed E-state index contributed by atoms with van der Waals surface area (Å²) in [5, 5.41) is 0. The first kappa shape index (κ1) is 10.8. The summed E-state index contributed by atoms with van der Waals surface area (Å²) in [4.78, 5) is 4.95. The summed E-state index contributed by atoms with van der Waals surface area (Å²) in [6.45, 7) is 5.36. The maximum atomic E-state index is 4.33. The Morgan fingerprint density at radius 3 is 3.00 bits per heavy atom. The molecule has 0 spiro atoms. The largest absolute Gasteiger partial charge is 0.335 e. The molecule has 1 aromatic heterocycles. The van der Waals surface area contributed by atoms with Crippen LogP contribution < -0.4 is 0 Å². The second kappa shape index (κ2) is 5.43. The van der Waals surface area contributed by atoms with Crippen molar-refractivity contribution in [3.63, 3.8) is 0 Å². The van der Waals surface area contributed by atoms with E-state index in [4.69, 9.17) is 0 Å². The summed E-state index contributed by atoms with van der Waals surface area (Å²) in [6, 6.07) is 0. The van der Waals surface area contributed by atoms with E-state index in [1.54, 1.807) is 0 Å². The topological polar surface area (TPSA) is 17.8 Å². The van der Waals surface area contributed by atoms with Gasteiger partial charge in [0.2, 0.25) is 0 Å². The fourth-order valence-corrected chi connectivity index (χ4v) is 1.72. The van der Waals surface area contributed by atoms with Crippen LogP contribution in [0.2, 0.25) is 0 Å². The minimum atomic E-state index is 0.623. The Balaban J connectivity index is 2.36. The molecule has 0 amide bonds. The van der Waals surface area contributed by atoms with Crippen molar-refractivity contribution in [2.45, 2.75) is 44.5 Å². The number of halogens is 1. The highest BCUT2D eigenvalue weighted by Gasteiger charge is 2.01. The highest BCUT2D eigenvalue weighted by Crippen LogP contribution is 2.10. The average molecular weight is 245 g/mol. The first-order chi connectivity index (χ1) is 6.24. The van der Waals surface area contributed by atoms with Crippen molar-refractivity contribution in [2.75, 3.05) is 0 Å². The number of hydrogen-bond acceptors (Lipinski definition) is 1. The van der Waals surface area contributed by atoms with Crippen LogP contribution in [0.1, 0.15) is 32.5 Å². The smallest absolute Gasteiger partial charge is 0.108 e. The zero-order valence-corrected chi connectivity index (χ0v) is 9.92. The standard InChI is InChI=1S/C10H17BrN2/c1-3-13-8-7-12-10(13)6-4-5-9(2)11/h7-9H,3-6H2,1-2H3. The van der Waals surface area contributed by atoms with Crippen LogP contribution in [0.5, 0.6) is 0 Å². The number of nitrogens with zero attached hydrogens (tertiary/aromatic N) is 2. The lowest BCUT2D eigenvalue weighted by Gasteiger charge is -2.05. The molecule has 0 aliphatic rings. The van der Waals surface area contributed by atoms with Gasteiger partial charge >= 0.3 is 0 Å². The number of aryl methyl sites for hydroxylation is 2. The highest BCUT2D eigenvalue weighted by molar-refractivity contribution is 9.09. The molecular weight excluding hydrogens is 228 g/mol. The fraction of sp³-hybridized carbons (Fsp3) is 0.700. The lowest BCUT2D eigenvalue weighted by atomic mass is 10.2. The van der Waals surface area contributed by atoms with Crippen LogP contribution in [-0.4, -0.2) is 14.4 Å². The SMILES string of the molecule is CCn1ccnc1CCCC(C)Br. The number of imidazole rings is 1. The van der Waals surface area contributed by atoms with E-state index in [0.29, 0.717) is 4.83 Å². The summed E-state index contributed by atoms with van der Waals surface area (Å²) in [7, 11) is 0. The molecule has 0 aliphatic heterocycles. The van der Waals surface area contributed by atoms with E-state index in [9.17, 15) is 0 Å². The third-order valence-corrected chi connectivity index (χ3v) is 2.60. The molecule has 1 atom stereocenters. The number of rotatable bonds is 5. The second-order valence-electron chi connectivity index (χ2n) is 3.30. The van der Waals surface area contributed by atoms with Gasteiger partial charge in [-0.05, 0) is 19.8 Å². The van der Waals surface area contributed by atoms with E-state index >= 15 is 0 Å². The van der Waals surface area contributed by atoms with Crippen LogP contribution in [0.15, 0.2) is 12.4 Å². The molecule has 0 radical (unpaired) electrons. The molecule has 0 aliphatic carbocycles. The van der Waals surface area contributed by atoms with Gasteiger partial charge in [-0.2, -0.15) is 0 Å². The lowest BCUT2D eigenvalue weighted by molar-refractivity contribution is 0.647. The van der Waals surface area contributed by atoms with E-state index in [2.05, 4.69) is 39.3 Å². The highest BCUT2D eigenvalue weighted by atomic mass is 79.9. The summed E-state index contributed by atoms with van der Waals surface area (Å²) < 4.78 is 2.21. The molecule has 3 heteroatoms. The maximum absolute atomic E-state index is 4.33. The van der Waals surface area contributed by atoms with Crippen molar-refractivity contribution < 1.29 is 0 Å². The van der Waals surface area contributed by atoms with Crippen molar-refractivity contribution in [3.8, 4) is 0 Å². The van der Waals surface area contributed by atoms with Gasteiger partial charge in [-0.3, -0.25) is 0 Å². The molecule has 1 aromatic rings. The number of aromatic nitrogens is 2. The van der Waals surface area contributed by atoms with Crippen LogP contribution in [-0.2, 0) is 13.0 Å². The summed E-state index contributed by atoms with van der Waals surface area (Å²) >= 11 is 3.55. The van der Waals surface area contributed by atoms with Gasteiger partial charge in [-0.25, -0.2) is 4.98 Å². The molecule has 74 valence electrons. The minimum Gasteiger partial charge on any atom is -0.335 e. The molecule has 13 heavy (non-hydrogen) atoms. The third-order valence-electron chi connectivity index (χ3n) is 2.14. The van der Waals surface area contributed by atoms with Gasteiger partial charge in [0.25, 0.3) is 0 Å². The van der Waals surface area contributed by atoms with E-state index in [1.807, 2.05) is 12.4 Å². The Labute approximate surface area is 88.5 Å². The molecule has 1 rings (SSSR count). The van der Waals surface area contributed by atoms with Crippen LogP contribution in [0.25, 0.3) is 0 Å². The molecule has 1 unspecified atom stereocenters. The monoisotopic (exact) mass is 244 g/mol. The summed E-state index contributed by atoms with van der Waals surface area (Å²) in [5.74, 6) is 1.22. The molecule has 0 N–H and O–H groups in total. The predicted octanol–water partition coefficient (Wildman–Crippen LogP) is 3.01. The summed E-state index contributed by atoms with van der Waals surface area (Å²) in [6.07, 6.45) is 7.46. The van der Waals surface area contributed by atoms with Gasteiger partial charge < -0.3 is 4.57 Å². The predicted molar refractivity (Wildman–Crippen MR) is 59.2 cm³/mol. The molecule has 0 aromatic carbocycles. The molecule has 1 heterocycles. The van der Waals surface area contributed by atoms with Crippen molar-refractivity contribution in [1.29, 1.82) is 0 Å². The van der Waals surface area contributed by atoms with Crippen LogP contribution in [0, 0.1) is 0 Å². The fourth-order valence-electron chi connectivity index (χ4n) is 1.40. The zero-order valence-electron chi connectivity index (χ0n) is 8.33. The quantitative estimate of drug-likeness (QED) is 0.729. The van der Waals surface area contributed by atoms with Crippen LogP contribution in [0.3, 0.4) is 0 Å². The van der Waals surface area contributed by atoms with E-state index in [0.717, 1.165) is 13.0 Å². The summed E-state index contributed by atoms with van der Waals surface area (Å²) in [5.41, 5.74) is 0. The maximum Gasteiger partial charge on any atom is 0.108 e. The van der Waals surface area contributed by atoms with E-state index in [1.165, 1.54) is 18.7 Å². The van der Waals surface area contributed by atoms with Crippen molar-refractivity contribution in [1.82, 2.24) is 9.55 Å². The Hall–Kier alpha value is -0.310. The Morgan fingerprint density at radius 2 is 2.38 bits per heavy atom. The normalized spacial score (nSPS) is 13.2. The molecule has 0 saturated heterocycles. The molecular formula is C10H17BrN2. The van der Waals surface area contributed by atoms with Gasteiger partial charge in [0.05, 0.1) is 0 Å². The van der Waals surface area contributed by atoms with Crippen molar-refractivity contribution in [2.24, 2.45) is 0 Å². The van der Waals surface area contributed by atoms with E-state index in [-0.39, 0.29) is 0 Å². The van der Waals surface area contributed by atoms with Gasteiger partial charge in [0.15, 0.2) is 0 Å². The van der Waals surface area contributed by atoms with Gasteiger partial charge in [-0.1, -0.05) is 22.9 Å². The zero-order chi connectivity index (χ0) is 9.68. The molecule has 0 saturated carbocycles. The molecule has 0 fully saturated rings. The van der Waals surface area contributed by atoms with Crippen molar-refractivity contribution in [3.05, 3.63) is 18.2 Å². The van der Waals surface area contributed by atoms with Gasteiger partial charge in [0, 0.05) is 30.2 Å². The van der Waals surface area contributed by atoms with Gasteiger partial charge in [0.1, 0.15) is 5.82 Å². The molecule has 2 nitrogen and oxygen atoms in total. The van der Waals surface area contributed by atoms with Gasteiger partial charge in [-0.15, -0.1) is 0 Å². The van der Waals surface area contributed by atoms with Crippen LogP contribution >= 0.6 is 15.9 Å². The molecule has 0 bridgehead atoms. The van der Waals surface area contributed by atoms with Crippen molar-refractivity contribution >= 4 is 15.9 Å². The van der Waals surface area contributed by atoms with E-state index < -0.39 is 0 Å². The Morgan fingerprint density at radius 1 is 1.62 bits per heavy atom. The third kappa shape index (κ3) is 3.51. The Kier molecular flexibility index (Phi) is 4.50. The first-order valence-corrected chi connectivity index (χ1v) is 5.79. The minimum absolute atomic E-state index is 0.623. The van der Waals surface area contributed by atoms with Crippen LogP contribution in [0.4, 0.5) is 0 Å². The number of hydrogen-bond donors (Lipinski definition) is 0. The second-order valence-corrected chi connectivity index (χ2v) is 4.87. The number of alkyl halides is 1. The lowest BCUT2D eigenvalue weighted by Crippen LogP contribution is -2.02. The Bertz CT molecular complexity index is 243. The first-order valence-electron chi connectivity index (χ1n) is 4.88.